The van der Waals surface area contributed by atoms with Gasteiger partial charge in [0, 0.05) is 17.4 Å². The van der Waals surface area contributed by atoms with Crippen molar-refractivity contribution in [2.45, 2.75) is 32.1 Å². The highest BCUT2D eigenvalue weighted by atomic mass is 32.1. The third kappa shape index (κ3) is 4.35. The van der Waals surface area contributed by atoms with E-state index in [0.717, 1.165) is 29.3 Å². The maximum Gasteiger partial charge on any atom is 0.306 e. The monoisotopic (exact) mass is 400 g/mol. The van der Waals surface area contributed by atoms with Crippen molar-refractivity contribution in [1.82, 2.24) is 4.98 Å². The van der Waals surface area contributed by atoms with Crippen molar-refractivity contribution < 1.29 is 19.1 Å². The number of ether oxygens (including phenoxy) is 2. The summed E-state index contributed by atoms with van der Waals surface area (Å²) in [6.07, 6.45) is 5.39. The van der Waals surface area contributed by atoms with Crippen LogP contribution in [-0.2, 0) is 14.3 Å². The van der Waals surface area contributed by atoms with Gasteiger partial charge in [0.2, 0.25) is 0 Å². The van der Waals surface area contributed by atoms with Gasteiger partial charge in [-0.15, -0.1) is 11.3 Å². The van der Waals surface area contributed by atoms with Gasteiger partial charge in [0.05, 0.1) is 12.8 Å². The number of hydrogen-bond acceptors (Lipinski definition) is 6. The minimum Gasteiger partial charge on any atom is -0.497 e. The van der Waals surface area contributed by atoms with Gasteiger partial charge in [-0.05, 0) is 61.3 Å². The Labute approximate surface area is 168 Å². The first kappa shape index (κ1) is 18.9. The summed E-state index contributed by atoms with van der Waals surface area (Å²) in [7, 11) is 1.62. The molecule has 1 N–H and O–H groups in total. The molecule has 2 aliphatic rings. The summed E-state index contributed by atoms with van der Waals surface area (Å²) in [6.45, 7) is -0.267. The third-order valence-corrected chi connectivity index (χ3v) is 6.57. The van der Waals surface area contributed by atoms with Crippen LogP contribution in [0.25, 0.3) is 11.3 Å². The van der Waals surface area contributed by atoms with Gasteiger partial charge in [-0.25, -0.2) is 4.98 Å². The van der Waals surface area contributed by atoms with E-state index >= 15 is 0 Å². The summed E-state index contributed by atoms with van der Waals surface area (Å²) in [6, 6.07) is 7.55. The molecule has 0 unspecified atom stereocenters. The number of anilines is 1. The number of methoxy groups -OCH3 is 1. The van der Waals surface area contributed by atoms with Crippen molar-refractivity contribution in [2.24, 2.45) is 17.8 Å². The lowest BCUT2D eigenvalue weighted by Gasteiger charge is -2.20. The minimum absolute atomic E-state index is 0.267. The van der Waals surface area contributed by atoms with Gasteiger partial charge in [0.15, 0.2) is 11.7 Å². The molecule has 2 bridgehead atoms. The van der Waals surface area contributed by atoms with Crippen LogP contribution in [0.3, 0.4) is 0 Å². The van der Waals surface area contributed by atoms with Crippen LogP contribution in [0.4, 0.5) is 5.13 Å². The molecule has 0 spiro atoms. The highest BCUT2D eigenvalue weighted by Crippen LogP contribution is 2.49. The van der Waals surface area contributed by atoms with Crippen molar-refractivity contribution in [3.05, 3.63) is 29.6 Å². The Balaban J connectivity index is 1.23. The largest absolute Gasteiger partial charge is 0.497 e. The number of nitrogens with zero attached hydrogens (tertiary/aromatic N) is 1. The molecule has 1 amide bonds. The summed E-state index contributed by atoms with van der Waals surface area (Å²) in [5.41, 5.74) is 1.71. The third-order valence-electron chi connectivity index (χ3n) is 5.81. The summed E-state index contributed by atoms with van der Waals surface area (Å²) in [5.74, 6) is 2.07. The van der Waals surface area contributed by atoms with Crippen LogP contribution >= 0.6 is 11.3 Å². The molecule has 2 aliphatic carbocycles. The average Bonchev–Trinajstić information content (AvgIpc) is 3.44. The van der Waals surface area contributed by atoms with Gasteiger partial charge in [-0.2, -0.15) is 0 Å². The quantitative estimate of drug-likeness (QED) is 0.707. The van der Waals surface area contributed by atoms with Crippen LogP contribution < -0.4 is 10.1 Å². The van der Waals surface area contributed by atoms with Crippen molar-refractivity contribution >= 4 is 28.3 Å². The van der Waals surface area contributed by atoms with Crippen LogP contribution in [0, 0.1) is 17.8 Å². The van der Waals surface area contributed by atoms with Crippen molar-refractivity contribution in [3.63, 3.8) is 0 Å². The Morgan fingerprint density at radius 2 is 2.04 bits per heavy atom. The lowest BCUT2D eigenvalue weighted by Crippen LogP contribution is -2.23. The number of carbonyl (C=O) groups is 2. The zero-order valence-corrected chi connectivity index (χ0v) is 16.7. The van der Waals surface area contributed by atoms with Gasteiger partial charge in [-0.3, -0.25) is 14.9 Å². The second kappa shape index (κ2) is 8.31. The molecule has 1 aromatic heterocycles. The van der Waals surface area contributed by atoms with E-state index in [-0.39, 0.29) is 18.5 Å². The predicted molar refractivity (Wildman–Crippen MR) is 107 cm³/mol. The second-order valence-corrected chi connectivity index (χ2v) is 8.47. The van der Waals surface area contributed by atoms with Crippen LogP contribution in [0.2, 0.25) is 0 Å². The van der Waals surface area contributed by atoms with E-state index in [1.807, 2.05) is 29.6 Å². The van der Waals surface area contributed by atoms with E-state index in [1.54, 1.807) is 7.11 Å². The van der Waals surface area contributed by atoms with Gasteiger partial charge in [0.1, 0.15) is 5.75 Å². The van der Waals surface area contributed by atoms with Gasteiger partial charge in [-0.1, -0.05) is 6.42 Å². The first-order valence-corrected chi connectivity index (χ1v) is 10.5. The molecule has 0 aliphatic heterocycles. The van der Waals surface area contributed by atoms with E-state index < -0.39 is 0 Å². The molecule has 1 aromatic carbocycles. The number of benzene rings is 1. The molecule has 28 heavy (non-hydrogen) atoms. The molecule has 2 saturated carbocycles. The SMILES string of the molecule is COc1ccc(-c2csc(NC(=O)COC(=O)C[C@@H]3C[C@H]4CC[C@@H]3C4)n2)cc1. The Kier molecular flexibility index (Phi) is 5.62. The standard InChI is InChI=1S/C21H24N2O4S/c1-26-17-6-4-14(5-7-17)18-12-28-21(22-18)23-19(24)11-27-20(25)10-16-9-13-2-3-15(16)8-13/h4-7,12-13,15-16H,2-3,8-11H2,1H3,(H,22,23,24)/t13-,15+,16-/m0/s1. The smallest absolute Gasteiger partial charge is 0.306 e. The zero-order valence-electron chi connectivity index (χ0n) is 15.8. The van der Waals surface area contributed by atoms with Crippen LogP contribution in [0.5, 0.6) is 5.75 Å². The van der Waals surface area contributed by atoms with Crippen molar-refractivity contribution in [2.75, 3.05) is 19.0 Å². The molecule has 1 heterocycles. The topological polar surface area (TPSA) is 77.5 Å². The van der Waals surface area contributed by atoms with Gasteiger partial charge >= 0.3 is 5.97 Å². The predicted octanol–water partition coefficient (Wildman–Crippen LogP) is 4.13. The zero-order chi connectivity index (χ0) is 19.5. The molecule has 0 radical (unpaired) electrons. The number of hydrogen-bond donors (Lipinski definition) is 1. The fourth-order valence-electron chi connectivity index (χ4n) is 4.43. The normalized spacial score (nSPS) is 22.8. The molecular weight excluding hydrogens is 376 g/mol. The number of thiazole rings is 1. The lowest BCUT2D eigenvalue weighted by atomic mass is 9.86. The van der Waals surface area contributed by atoms with E-state index in [2.05, 4.69) is 10.3 Å². The molecule has 0 saturated heterocycles. The molecule has 2 aromatic rings. The highest BCUT2D eigenvalue weighted by molar-refractivity contribution is 7.14. The summed E-state index contributed by atoms with van der Waals surface area (Å²) >= 11 is 1.34. The molecule has 6 nitrogen and oxygen atoms in total. The number of esters is 1. The summed E-state index contributed by atoms with van der Waals surface area (Å²) in [5, 5.41) is 5.06. The Morgan fingerprint density at radius 3 is 2.71 bits per heavy atom. The molecule has 148 valence electrons. The number of nitrogens with one attached hydrogen (secondary N) is 1. The van der Waals surface area contributed by atoms with Crippen LogP contribution in [0.15, 0.2) is 29.6 Å². The fourth-order valence-corrected chi connectivity index (χ4v) is 5.16. The van der Waals surface area contributed by atoms with Crippen molar-refractivity contribution in [1.29, 1.82) is 0 Å². The number of carbonyl (C=O) groups excluding carboxylic acids is 2. The Hall–Kier alpha value is -2.41. The lowest BCUT2D eigenvalue weighted by molar-refractivity contribution is -0.148. The molecular formula is C21H24N2O4S. The average molecular weight is 401 g/mol. The van der Waals surface area contributed by atoms with E-state index in [1.165, 1.54) is 30.6 Å². The van der Waals surface area contributed by atoms with E-state index in [0.29, 0.717) is 23.4 Å². The minimum atomic E-state index is -0.364. The maximum absolute atomic E-state index is 12.1. The molecule has 7 heteroatoms. The number of aromatic nitrogens is 1. The summed E-state index contributed by atoms with van der Waals surface area (Å²) < 4.78 is 10.3. The van der Waals surface area contributed by atoms with Gasteiger partial charge < -0.3 is 9.47 Å². The number of fused-ring (bicyclic) bond motifs is 2. The number of rotatable bonds is 7. The van der Waals surface area contributed by atoms with E-state index in [4.69, 9.17) is 9.47 Å². The highest BCUT2D eigenvalue weighted by Gasteiger charge is 2.40. The Morgan fingerprint density at radius 1 is 1.21 bits per heavy atom. The Bertz CT molecular complexity index is 848. The number of amides is 1. The molecule has 2 fully saturated rings. The van der Waals surface area contributed by atoms with Crippen molar-refractivity contribution in [3.8, 4) is 17.0 Å². The molecule has 3 atom stereocenters. The first-order chi connectivity index (χ1) is 13.6. The van der Waals surface area contributed by atoms with E-state index in [9.17, 15) is 9.59 Å². The van der Waals surface area contributed by atoms with Crippen LogP contribution in [0.1, 0.15) is 32.1 Å². The van der Waals surface area contributed by atoms with Crippen LogP contribution in [-0.4, -0.2) is 30.6 Å². The maximum atomic E-state index is 12.1. The molecule has 4 rings (SSSR count). The fraction of sp³-hybridized carbons (Fsp3) is 0.476. The second-order valence-electron chi connectivity index (χ2n) is 7.61. The first-order valence-electron chi connectivity index (χ1n) is 9.66. The summed E-state index contributed by atoms with van der Waals surface area (Å²) in [4.78, 5) is 28.5. The van der Waals surface area contributed by atoms with Gasteiger partial charge in [0.25, 0.3) is 5.91 Å².